The quantitative estimate of drug-likeness (QED) is 0.220. The summed E-state index contributed by atoms with van der Waals surface area (Å²) in [5, 5.41) is 9.80. The lowest BCUT2D eigenvalue weighted by Crippen LogP contribution is -2.34. The molecule has 3 rings (SSSR count). The fraction of sp³-hybridized carbons (Fsp3) is 0.457. The number of Topliss-reactive ketones (excluding diaryl/α,β-unsaturated/α-hetero) is 1. The fourth-order valence-corrected chi connectivity index (χ4v) is 5.80. The average Bonchev–Trinajstić information content (AvgIpc) is 2.91. The summed E-state index contributed by atoms with van der Waals surface area (Å²) in [6, 6.07) is 8.21. The Hall–Kier alpha value is -3.30. The molecule has 0 saturated heterocycles. The average molecular weight is 629 g/mol. The molecule has 0 amide bonds. The number of carbonyl (C=O) groups is 2. The van der Waals surface area contributed by atoms with E-state index in [2.05, 4.69) is 0 Å². The molecule has 1 unspecified atom stereocenters. The van der Waals surface area contributed by atoms with Crippen LogP contribution in [0.15, 0.2) is 41.3 Å². The summed E-state index contributed by atoms with van der Waals surface area (Å²) in [5.41, 5.74) is 4.13. The number of halogens is 2. The number of aryl methyl sites for hydroxylation is 3. The normalized spacial score (nSPS) is 12.7. The second kappa shape index (κ2) is 15.6. The maximum atomic E-state index is 15.7. The van der Waals surface area contributed by atoms with Crippen molar-refractivity contribution in [2.24, 2.45) is 5.92 Å². The zero-order valence-electron chi connectivity index (χ0n) is 27.1. The molecule has 6 nitrogen and oxygen atoms in total. The number of nitrogens with zero attached hydrogens (tertiary/aromatic N) is 2. The Morgan fingerprint density at radius 3 is 2.11 bits per heavy atom. The Kier molecular flexibility index (Phi) is 13.1. The number of likely N-dealkylation sites (N-methyl/N-ethyl adjacent to an activating group) is 1. The van der Waals surface area contributed by atoms with Gasteiger partial charge in [0.25, 0.3) is 5.56 Å². The van der Waals surface area contributed by atoms with E-state index in [9.17, 15) is 19.5 Å². The zero-order chi connectivity index (χ0) is 32.2. The van der Waals surface area contributed by atoms with Gasteiger partial charge in [0.1, 0.15) is 5.82 Å². The molecule has 44 heavy (non-hydrogen) atoms. The van der Waals surface area contributed by atoms with Crippen molar-refractivity contribution in [3.05, 3.63) is 91.9 Å². The standard InChI is InChI=1S/C35H44F2N2O4.H2S/c1-20(2)14-29(39-19-25(12-13-38(7)8)24(6)34(37)35(39)43)30(40)17-26(18-31(41)42)28-16-27(15-23(5)33(28)36)32-21(3)10-9-11-22(32)4;/h9-11,15-16,19-20,26,29H,12-14,17-18H2,1-8H3,(H,41,42);1H2/t26-,29?;/m0./s1. The summed E-state index contributed by atoms with van der Waals surface area (Å²) in [4.78, 5) is 41.2. The number of carbonyl (C=O) groups excluding carboxylic acids is 1. The number of hydrogen-bond acceptors (Lipinski definition) is 4. The second-order valence-corrected chi connectivity index (χ2v) is 12.4. The lowest BCUT2D eigenvalue weighted by Gasteiger charge is -2.25. The van der Waals surface area contributed by atoms with Crippen LogP contribution in [0, 0.1) is 45.2 Å². The zero-order valence-corrected chi connectivity index (χ0v) is 28.1. The van der Waals surface area contributed by atoms with Gasteiger partial charge < -0.3 is 14.6 Å². The molecule has 0 saturated carbocycles. The van der Waals surface area contributed by atoms with Gasteiger partial charge in [-0.3, -0.25) is 14.4 Å². The van der Waals surface area contributed by atoms with Crippen LogP contribution in [-0.4, -0.2) is 47.0 Å². The second-order valence-electron chi connectivity index (χ2n) is 12.4. The third kappa shape index (κ3) is 8.66. The molecule has 0 bridgehead atoms. The van der Waals surface area contributed by atoms with Crippen molar-refractivity contribution in [1.29, 1.82) is 0 Å². The van der Waals surface area contributed by atoms with Gasteiger partial charge in [-0.25, -0.2) is 8.78 Å². The first kappa shape index (κ1) is 36.9. The molecular formula is C35H46F2N2O4S. The van der Waals surface area contributed by atoms with Gasteiger partial charge in [-0.1, -0.05) is 32.0 Å². The van der Waals surface area contributed by atoms with Gasteiger partial charge in [0, 0.05) is 25.1 Å². The van der Waals surface area contributed by atoms with Gasteiger partial charge in [0.15, 0.2) is 11.6 Å². The van der Waals surface area contributed by atoms with Crippen LogP contribution in [0.25, 0.3) is 11.1 Å². The van der Waals surface area contributed by atoms with Crippen molar-refractivity contribution >= 4 is 25.2 Å². The number of carboxylic acids is 1. The Bertz CT molecular complexity index is 1540. The lowest BCUT2D eigenvalue weighted by molar-refractivity contribution is -0.137. The van der Waals surface area contributed by atoms with Crippen LogP contribution in [0.3, 0.4) is 0 Å². The Labute approximate surface area is 266 Å². The van der Waals surface area contributed by atoms with E-state index in [4.69, 9.17) is 0 Å². The summed E-state index contributed by atoms with van der Waals surface area (Å²) < 4.78 is 32.1. The van der Waals surface area contributed by atoms with E-state index in [1.807, 2.05) is 64.9 Å². The number of ketones is 1. The Morgan fingerprint density at radius 1 is 0.955 bits per heavy atom. The number of aliphatic carboxylic acids is 1. The molecule has 1 aromatic heterocycles. The number of carboxylic acid groups (broad SMARTS) is 1. The van der Waals surface area contributed by atoms with Gasteiger partial charge in [0.2, 0.25) is 0 Å². The van der Waals surface area contributed by atoms with Gasteiger partial charge in [0.05, 0.1) is 12.5 Å². The summed E-state index contributed by atoms with van der Waals surface area (Å²) in [6.45, 7) is 11.5. The molecule has 9 heteroatoms. The van der Waals surface area contributed by atoms with Crippen LogP contribution in [0.1, 0.15) is 78.5 Å². The van der Waals surface area contributed by atoms with Gasteiger partial charge in [-0.15, -0.1) is 0 Å². The predicted octanol–water partition coefficient (Wildman–Crippen LogP) is 7.05. The van der Waals surface area contributed by atoms with Crippen molar-refractivity contribution in [1.82, 2.24) is 9.47 Å². The number of hydrogen-bond donors (Lipinski definition) is 1. The Balaban J connectivity index is 0.00000675. The smallest absolute Gasteiger partial charge is 0.303 e. The van der Waals surface area contributed by atoms with Gasteiger partial charge in [-0.05, 0) is 117 Å². The predicted molar refractivity (Wildman–Crippen MR) is 177 cm³/mol. The third-order valence-electron chi connectivity index (χ3n) is 8.12. The first-order chi connectivity index (χ1) is 20.1. The summed E-state index contributed by atoms with van der Waals surface area (Å²) in [7, 11) is 3.79. The highest BCUT2D eigenvalue weighted by molar-refractivity contribution is 7.59. The van der Waals surface area contributed by atoms with Crippen molar-refractivity contribution in [3.8, 4) is 11.1 Å². The summed E-state index contributed by atoms with van der Waals surface area (Å²) in [6.07, 6.45) is 1.50. The molecule has 2 aromatic carbocycles. The minimum absolute atomic E-state index is 0. The molecule has 0 radical (unpaired) electrons. The van der Waals surface area contributed by atoms with Crippen LogP contribution >= 0.6 is 13.5 Å². The molecule has 1 heterocycles. The van der Waals surface area contributed by atoms with Crippen LogP contribution in [0.2, 0.25) is 0 Å². The van der Waals surface area contributed by atoms with Crippen molar-refractivity contribution < 1.29 is 23.5 Å². The molecule has 0 aliphatic carbocycles. The molecule has 0 fully saturated rings. The molecule has 0 aliphatic heterocycles. The van der Waals surface area contributed by atoms with Crippen LogP contribution in [0.5, 0.6) is 0 Å². The first-order valence-electron chi connectivity index (χ1n) is 14.8. The molecular weight excluding hydrogens is 582 g/mol. The molecule has 240 valence electrons. The van der Waals surface area contributed by atoms with Crippen molar-refractivity contribution in [3.63, 3.8) is 0 Å². The number of benzene rings is 2. The molecule has 3 aromatic rings. The van der Waals surface area contributed by atoms with Gasteiger partial charge in [-0.2, -0.15) is 13.5 Å². The SMILES string of the molecule is Cc1cc(-c2c(C)cccc2C)cc([C@H](CC(=O)O)CC(=O)C(CC(C)C)n2cc(CCN(C)C)c(C)c(F)c2=O)c1F.S. The van der Waals surface area contributed by atoms with Crippen LogP contribution in [-0.2, 0) is 16.0 Å². The molecule has 1 N–H and O–H groups in total. The van der Waals surface area contributed by atoms with E-state index in [0.717, 1.165) is 22.3 Å². The lowest BCUT2D eigenvalue weighted by atomic mass is 9.84. The number of pyridine rings is 1. The van der Waals surface area contributed by atoms with E-state index in [-0.39, 0.29) is 43.4 Å². The Morgan fingerprint density at radius 2 is 1.57 bits per heavy atom. The van der Waals surface area contributed by atoms with E-state index in [0.29, 0.717) is 24.1 Å². The van der Waals surface area contributed by atoms with Gasteiger partial charge >= 0.3 is 5.97 Å². The van der Waals surface area contributed by atoms with Crippen LogP contribution in [0.4, 0.5) is 8.78 Å². The topological polar surface area (TPSA) is 79.6 Å². The van der Waals surface area contributed by atoms with Crippen LogP contribution < -0.4 is 5.56 Å². The third-order valence-corrected chi connectivity index (χ3v) is 8.12. The maximum Gasteiger partial charge on any atom is 0.303 e. The van der Waals surface area contributed by atoms with Crippen molar-refractivity contribution in [2.75, 3.05) is 20.6 Å². The summed E-state index contributed by atoms with van der Waals surface area (Å²) in [5.74, 6) is -4.07. The minimum atomic E-state index is -1.17. The number of aromatic nitrogens is 1. The van der Waals surface area contributed by atoms with Crippen molar-refractivity contribution in [2.45, 2.75) is 79.2 Å². The highest BCUT2D eigenvalue weighted by Gasteiger charge is 2.31. The molecule has 0 aliphatic rings. The number of rotatable bonds is 13. The van der Waals surface area contributed by atoms with E-state index >= 15 is 8.78 Å². The minimum Gasteiger partial charge on any atom is -0.481 e. The maximum absolute atomic E-state index is 15.7. The monoisotopic (exact) mass is 628 g/mol. The highest BCUT2D eigenvalue weighted by atomic mass is 32.1. The first-order valence-corrected chi connectivity index (χ1v) is 14.8. The molecule has 0 spiro atoms. The van der Waals surface area contributed by atoms with E-state index < -0.39 is 47.3 Å². The molecule has 2 atom stereocenters. The highest BCUT2D eigenvalue weighted by Crippen LogP contribution is 2.36. The summed E-state index contributed by atoms with van der Waals surface area (Å²) >= 11 is 0. The van der Waals surface area contributed by atoms with E-state index in [1.165, 1.54) is 4.57 Å². The fourth-order valence-electron chi connectivity index (χ4n) is 5.80. The van der Waals surface area contributed by atoms with E-state index in [1.54, 1.807) is 32.2 Å². The largest absolute Gasteiger partial charge is 0.481 e.